The second-order valence-electron chi connectivity index (χ2n) is 5.71. The molecule has 0 bridgehead atoms. The van der Waals surface area contributed by atoms with Crippen molar-refractivity contribution in [2.24, 2.45) is 0 Å². The monoisotopic (exact) mass is 362 g/mol. The van der Waals surface area contributed by atoms with E-state index in [0.29, 0.717) is 5.02 Å². The van der Waals surface area contributed by atoms with Crippen molar-refractivity contribution in [2.75, 3.05) is 5.32 Å². The van der Waals surface area contributed by atoms with Crippen LogP contribution in [-0.4, -0.2) is 15.2 Å². The van der Waals surface area contributed by atoms with E-state index >= 15 is 0 Å². The van der Waals surface area contributed by atoms with Crippen molar-refractivity contribution in [3.05, 3.63) is 89.3 Å². The summed E-state index contributed by atoms with van der Waals surface area (Å²) in [7, 11) is 0. The molecule has 0 aliphatic rings. The highest BCUT2D eigenvalue weighted by molar-refractivity contribution is 6.30. The van der Waals surface area contributed by atoms with Crippen LogP contribution in [0.5, 0.6) is 0 Å². The van der Waals surface area contributed by atoms with E-state index < -0.39 is 0 Å². The summed E-state index contributed by atoms with van der Waals surface area (Å²) in [6, 6.07) is 19.7. The van der Waals surface area contributed by atoms with Crippen LogP contribution < -0.4 is 5.32 Å². The Balaban J connectivity index is 0.00000196. The van der Waals surface area contributed by atoms with Gasteiger partial charge in [0.05, 0.1) is 5.69 Å². The SMILES string of the molecule is C.Clc1ccc(Nc2nnc(Cc3ccncc3)c3ccccc23)cc1. The molecule has 0 spiro atoms. The third-order valence-electron chi connectivity index (χ3n) is 3.99. The summed E-state index contributed by atoms with van der Waals surface area (Å²) in [5, 5.41) is 15.0. The lowest BCUT2D eigenvalue weighted by atomic mass is 10.0. The maximum Gasteiger partial charge on any atom is 0.160 e. The molecule has 0 fully saturated rings. The summed E-state index contributed by atoms with van der Waals surface area (Å²) < 4.78 is 0. The number of anilines is 2. The number of rotatable bonds is 4. The Morgan fingerprint density at radius 3 is 2.23 bits per heavy atom. The first kappa shape index (κ1) is 17.8. The largest absolute Gasteiger partial charge is 0.338 e. The van der Waals surface area contributed by atoms with Crippen LogP contribution in [0.2, 0.25) is 5.02 Å². The molecule has 0 aliphatic carbocycles. The summed E-state index contributed by atoms with van der Waals surface area (Å²) in [6.45, 7) is 0. The summed E-state index contributed by atoms with van der Waals surface area (Å²) in [4.78, 5) is 4.06. The smallest absolute Gasteiger partial charge is 0.160 e. The van der Waals surface area contributed by atoms with Gasteiger partial charge in [0.1, 0.15) is 0 Å². The van der Waals surface area contributed by atoms with E-state index in [1.54, 1.807) is 12.4 Å². The van der Waals surface area contributed by atoms with Gasteiger partial charge in [-0.3, -0.25) is 4.98 Å². The number of benzene rings is 2. The van der Waals surface area contributed by atoms with Gasteiger partial charge < -0.3 is 5.32 Å². The van der Waals surface area contributed by atoms with Gasteiger partial charge in [-0.05, 0) is 42.0 Å². The van der Waals surface area contributed by atoms with Crippen molar-refractivity contribution < 1.29 is 0 Å². The Kier molecular flexibility index (Phi) is 5.44. The molecular formula is C21H19ClN4. The highest BCUT2D eigenvalue weighted by Crippen LogP contribution is 2.27. The van der Waals surface area contributed by atoms with Crippen LogP contribution in [-0.2, 0) is 6.42 Å². The van der Waals surface area contributed by atoms with Crippen LogP contribution in [0, 0.1) is 0 Å². The Hall–Kier alpha value is -2.98. The standard InChI is InChI=1S/C20H15ClN4.CH4/c21-15-5-7-16(8-6-15)23-20-18-4-2-1-3-17(18)19(24-25-20)13-14-9-11-22-12-10-14;/h1-12H,13H2,(H,23,25);1H4. The number of nitrogens with one attached hydrogen (secondary N) is 1. The van der Waals surface area contributed by atoms with Crippen LogP contribution in [0.4, 0.5) is 11.5 Å². The lowest BCUT2D eigenvalue weighted by molar-refractivity contribution is 0.960. The van der Waals surface area contributed by atoms with Crippen molar-refractivity contribution in [3.63, 3.8) is 0 Å². The summed E-state index contributed by atoms with van der Waals surface area (Å²) in [5.74, 6) is 0.733. The molecule has 0 saturated carbocycles. The number of fused-ring (bicyclic) bond motifs is 1. The molecule has 0 amide bonds. The van der Waals surface area contributed by atoms with Crippen LogP contribution in [0.1, 0.15) is 18.7 Å². The molecule has 2 aromatic heterocycles. The molecular weight excluding hydrogens is 344 g/mol. The van der Waals surface area contributed by atoms with Crippen LogP contribution >= 0.6 is 11.6 Å². The first-order valence-corrected chi connectivity index (χ1v) is 8.33. The molecule has 130 valence electrons. The van der Waals surface area contributed by atoms with Crippen molar-refractivity contribution in [3.8, 4) is 0 Å². The second kappa shape index (κ2) is 7.93. The zero-order valence-electron chi connectivity index (χ0n) is 13.4. The average Bonchev–Trinajstić information content (AvgIpc) is 2.66. The Morgan fingerprint density at radius 1 is 0.808 bits per heavy atom. The fraction of sp³-hybridized carbons (Fsp3) is 0.0952. The van der Waals surface area contributed by atoms with E-state index in [1.165, 1.54) is 0 Å². The molecule has 26 heavy (non-hydrogen) atoms. The Morgan fingerprint density at radius 2 is 1.50 bits per heavy atom. The van der Waals surface area contributed by atoms with Crippen LogP contribution in [0.25, 0.3) is 10.8 Å². The molecule has 4 nitrogen and oxygen atoms in total. The Bertz CT molecular complexity index is 1000. The van der Waals surface area contributed by atoms with Gasteiger partial charge in [0.15, 0.2) is 5.82 Å². The van der Waals surface area contributed by atoms with E-state index in [4.69, 9.17) is 11.6 Å². The van der Waals surface area contributed by atoms with Gasteiger partial charge in [0, 0.05) is 40.3 Å². The van der Waals surface area contributed by atoms with Crippen LogP contribution in [0.15, 0.2) is 73.1 Å². The van der Waals surface area contributed by atoms with Gasteiger partial charge in [0.2, 0.25) is 0 Å². The van der Waals surface area contributed by atoms with Crippen molar-refractivity contribution in [1.29, 1.82) is 0 Å². The van der Waals surface area contributed by atoms with Gasteiger partial charge in [-0.1, -0.05) is 43.3 Å². The third kappa shape index (κ3) is 3.81. The first-order valence-electron chi connectivity index (χ1n) is 7.95. The minimum atomic E-state index is 0. The molecule has 2 heterocycles. The predicted molar refractivity (Wildman–Crippen MR) is 108 cm³/mol. The minimum Gasteiger partial charge on any atom is -0.338 e. The normalized spacial score (nSPS) is 10.3. The summed E-state index contributed by atoms with van der Waals surface area (Å²) >= 11 is 5.95. The summed E-state index contributed by atoms with van der Waals surface area (Å²) in [5.41, 5.74) is 3.03. The van der Waals surface area contributed by atoms with E-state index in [-0.39, 0.29) is 7.43 Å². The number of hydrogen-bond acceptors (Lipinski definition) is 4. The highest BCUT2D eigenvalue weighted by atomic mass is 35.5. The maximum atomic E-state index is 5.95. The number of pyridine rings is 1. The second-order valence-corrected chi connectivity index (χ2v) is 6.14. The molecule has 5 heteroatoms. The zero-order valence-corrected chi connectivity index (χ0v) is 14.1. The van der Waals surface area contributed by atoms with Crippen molar-refractivity contribution >= 4 is 33.9 Å². The van der Waals surface area contributed by atoms with Gasteiger partial charge in [-0.25, -0.2) is 0 Å². The van der Waals surface area contributed by atoms with E-state index in [2.05, 4.69) is 32.6 Å². The molecule has 0 unspecified atom stereocenters. The molecule has 0 radical (unpaired) electrons. The van der Waals surface area contributed by atoms with Gasteiger partial charge in [-0.2, -0.15) is 5.10 Å². The molecule has 2 aromatic carbocycles. The van der Waals surface area contributed by atoms with Crippen LogP contribution in [0.3, 0.4) is 0 Å². The van der Waals surface area contributed by atoms with E-state index in [0.717, 1.165) is 40.0 Å². The molecule has 0 saturated heterocycles. The third-order valence-corrected chi connectivity index (χ3v) is 4.24. The van der Waals surface area contributed by atoms with E-state index in [9.17, 15) is 0 Å². The fourth-order valence-corrected chi connectivity index (χ4v) is 2.87. The maximum absolute atomic E-state index is 5.95. The molecule has 1 N–H and O–H groups in total. The minimum absolute atomic E-state index is 0. The quantitative estimate of drug-likeness (QED) is 0.509. The van der Waals surface area contributed by atoms with Crippen molar-refractivity contribution in [1.82, 2.24) is 15.2 Å². The molecule has 0 aliphatic heterocycles. The fourth-order valence-electron chi connectivity index (χ4n) is 2.75. The molecule has 0 atom stereocenters. The lowest BCUT2D eigenvalue weighted by Gasteiger charge is -2.11. The van der Waals surface area contributed by atoms with E-state index in [1.807, 2.05) is 48.5 Å². The Labute approximate surface area is 157 Å². The summed E-state index contributed by atoms with van der Waals surface area (Å²) in [6.07, 6.45) is 4.31. The first-order chi connectivity index (χ1) is 12.3. The molecule has 4 aromatic rings. The van der Waals surface area contributed by atoms with Crippen molar-refractivity contribution in [2.45, 2.75) is 13.8 Å². The average molecular weight is 363 g/mol. The topological polar surface area (TPSA) is 50.7 Å². The predicted octanol–water partition coefficient (Wildman–Crippen LogP) is 5.65. The number of halogens is 1. The van der Waals surface area contributed by atoms with Gasteiger partial charge in [0.25, 0.3) is 0 Å². The van der Waals surface area contributed by atoms with Gasteiger partial charge in [-0.15, -0.1) is 5.10 Å². The molecule has 4 rings (SSSR count). The number of hydrogen-bond donors (Lipinski definition) is 1. The lowest BCUT2D eigenvalue weighted by Crippen LogP contribution is -2.02. The van der Waals surface area contributed by atoms with Gasteiger partial charge >= 0.3 is 0 Å². The highest BCUT2D eigenvalue weighted by Gasteiger charge is 2.10. The number of nitrogens with zero attached hydrogens (tertiary/aromatic N) is 3. The zero-order chi connectivity index (χ0) is 17.1. The number of aromatic nitrogens is 3.